The van der Waals surface area contributed by atoms with Gasteiger partial charge in [0, 0.05) is 31.9 Å². The van der Waals surface area contributed by atoms with Crippen LogP contribution in [0.2, 0.25) is 0 Å². The molecule has 1 atom stereocenters. The van der Waals surface area contributed by atoms with Gasteiger partial charge >= 0.3 is 0 Å². The summed E-state index contributed by atoms with van der Waals surface area (Å²) in [6.07, 6.45) is 5.94. The second kappa shape index (κ2) is 7.61. The zero-order chi connectivity index (χ0) is 17.8. The maximum Gasteiger partial charge on any atom is 0.151 e. The summed E-state index contributed by atoms with van der Waals surface area (Å²) in [7, 11) is 2.13. The van der Waals surface area contributed by atoms with Crippen LogP contribution >= 0.6 is 0 Å². The first-order chi connectivity index (χ1) is 12.8. The quantitative estimate of drug-likeness (QED) is 0.680. The highest BCUT2D eigenvalue weighted by Gasteiger charge is 2.27. The van der Waals surface area contributed by atoms with E-state index in [0.29, 0.717) is 6.04 Å². The normalized spacial score (nSPS) is 17.2. The van der Waals surface area contributed by atoms with Gasteiger partial charge < -0.3 is 4.90 Å². The fraction of sp³-hybridized carbons (Fsp3) is 0.368. The van der Waals surface area contributed by atoms with Crippen LogP contribution in [0.4, 0.5) is 5.82 Å². The number of aromatic nitrogens is 5. The Bertz CT molecular complexity index is 818. The largest absolute Gasteiger partial charge is 0.351 e. The number of nitrogens with zero attached hydrogens (tertiary/aromatic N) is 7. The van der Waals surface area contributed by atoms with E-state index >= 15 is 0 Å². The van der Waals surface area contributed by atoms with Crippen LogP contribution in [0.3, 0.4) is 0 Å². The topological polar surface area (TPSA) is 63.0 Å². The van der Waals surface area contributed by atoms with Crippen molar-refractivity contribution < 1.29 is 0 Å². The maximum absolute atomic E-state index is 4.60. The minimum Gasteiger partial charge on any atom is -0.351 e. The Morgan fingerprint density at radius 2 is 2.04 bits per heavy atom. The van der Waals surface area contributed by atoms with Crippen LogP contribution in [0.1, 0.15) is 18.5 Å². The molecule has 1 aliphatic heterocycles. The van der Waals surface area contributed by atoms with Crippen molar-refractivity contribution in [2.45, 2.75) is 25.4 Å². The number of rotatable bonds is 6. The van der Waals surface area contributed by atoms with Gasteiger partial charge in [-0.3, -0.25) is 4.90 Å². The number of hydrogen-bond acceptors (Lipinski definition) is 6. The molecule has 0 aliphatic carbocycles. The number of benzene rings is 1. The summed E-state index contributed by atoms with van der Waals surface area (Å²) in [5, 5.41) is 17.3. The smallest absolute Gasteiger partial charge is 0.151 e. The molecular weight excluding hydrogens is 326 g/mol. The minimum absolute atomic E-state index is 0.459. The van der Waals surface area contributed by atoms with Gasteiger partial charge in [-0.15, -0.1) is 5.10 Å². The molecule has 0 spiro atoms. The highest BCUT2D eigenvalue weighted by Crippen LogP contribution is 2.23. The second-order valence-electron chi connectivity index (χ2n) is 6.73. The molecule has 1 fully saturated rings. The lowest BCUT2D eigenvalue weighted by Gasteiger charge is -2.28. The highest BCUT2D eigenvalue weighted by atomic mass is 15.5. The van der Waals surface area contributed by atoms with E-state index in [9.17, 15) is 0 Å². The lowest BCUT2D eigenvalue weighted by molar-refractivity contribution is 0.299. The van der Waals surface area contributed by atoms with Crippen LogP contribution in [0.15, 0.2) is 54.9 Å². The van der Waals surface area contributed by atoms with E-state index in [0.717, 1.165) is 36.8 Å². The molecule has 0 N–H and O–H groups in total. The summed E-state index contributed by atoms with van der Waals surface area (Å²) < 4.78 is 0. The van der Waals surface area contributed by atoms with Crippen LogP contribution in [-0.2, 0) is 6.54 Å². The second-order valence-corrected chi connectivity index (χ2v) is 6.73. The Kier molecular flexibility index (Phi) is 4.88. The molecule has 0 radical (unpaired) electrons. The Morgan fingerprint density at radius 3 is 2.85 bits per heavy atom. The first kappa shape index (κ1) is 16.7. The zero-order valence-electron chi connectivity index (χ0n) is 14.9. The summed E-state index contributed by atoms with van der Waals surface area (Å²) in [5.41, 5.74) is 1.95. The lowest BCUT2D eigenvalue weighted by atomic mass is 10.2. The van der Waals surface area contributed by atoms with E-state index in [-0.39, 0.29) is 0 Å². The molecule has 1 aromatic carbocycles. The average molecular weight is 349 g/mol. The molecule has 134 valence electrons. The molecule has 26 heavy (non-hydrogen) atoms. The molecule has 1 aliphatic rings. The fourth-order valence-corrected chi connectivity index (χ4v) is 3.53. The predicted molar refractivity (Wildman–Crippen MR) is 100 cm³/mol. The first-order valence-electron chi connectivity index (χ1n) is 8.99. The maximum atomic E-state index is 4.60. The monoisotopic (exact) mass is 349 g/mol. The number of anilines is 1. The molecule has 3 heterocycles. The van der Waals surface area contributed by atoms with Crippen molar-refractivity contribution in [1.82, 2.24) is 30.1 Å². The van der Waals surface area contributed by atoms with Gasteiger partial charge in [0.1, 0.15) is 0 Å². The van der Waals surface area contributed by atoms with Crippen molar-refractivity contribution >= 4 is 5.82 Å². The average Bonchev–Trinajstić information content (AvgIpc) is 3.33. The van der Waals surface area contributed by atoms with E-state index in [4.69, 9.17) is 0 Å². The summed E-state index contributed by atoms with van der Waals surface area (Å²) in [4.78, 5) is 6.35. The molecule has 0 amide bonds. The summed E-state index contributed by atoms with van der Waals surface area (Å²) in [6, 6.07) is 14.4. The van der Waals surface area contributed by atoms with E-state index in [1.807, 2.05) is 48.7 Å². The number of likely N-dealkylation sites (N-methyl/N-ethyl adjacent to an activating group) is 1. The van der Waals surface area contributed by atoms with Gasteiger partial charge in [0.2, 0.25) is 0 Å². The van der Waals surface area contributed by atoms with Crippen molar-refractivity contribution in [3.05, 3.63) is 60.6 Å². The van der Waals surface area contributed by atoms with Gasteiger partial charge in [0.05, 0.1) is 17.6 Å². The van der Waals surface area contributed by atoms with E-state index in [2.05, 4.69) is 37.2 Å². The van der Waals surface area contributed by atoms with Gasteiger partial charge in [0.25, 0.3) is 0 Å². The SMILES string of the molecule is CN(Cc1cnn(-c2ccccc2)n1)C[C@H]1CCCN1c1cccnn1. The summed E-state index contributed by atoms with van der Waals surface area (Å²) in [5.74, 6) is 0.971. The van der Waals surface area contributed by atoms with Crippen LogP contribution in [0.5, 0.6) is 0 Å². The third kappa shape index (κ3) is 3.72. The molecule has 0 saturated carbocycles. The molecule has 3 aromatic rings. The van der Waals surface area contributed by atoms with Gasteiger partial charge in [-0.2, -0.15) is 20.1 Å². The number of para-hydroxylation sites is 1. The first-order valence-corrected chi connectivity index (χ1v) is 8.99. The zero-order valence-corrected chi connectivity index (χ0v) is 14.9. The lowest BCUT2D eigenvalue weighted by Crippen LogP contribution is -2.39. The van der Waals surface area contributed by atoms with Crippen molar-refractivity contribution in [2.75, 3.05) is 25.0 Å². The van der Waals surface area contributed by atoms with Crippen LogP contribution in [0, 0.1) is 0 Å². The van der Waals surface area contributed by atoms with E-state index in [1.54, 1.807) is 11.0 Å². The standard InChI is InChI=1S/C19H23N7/c1-24(14-16-13-21-26(23-16)17-7-3-2-4-8-17)15-18-9-6-12-25(18)19-10-5-11-20-22-19/h2-5,7-8,10-11,13,18H,6,9,12,14-15H2,1H3/t18-/m1/s1. The Morgan fingerprint density at radius 1 is 1.15 bits per heavy atom. The fourth-order valence-electron chi connectivity index (χ4n) is 3.53. The van der Waals surface area contributed by atoms with Gasteiger partial charge in [0.15, 0.2) is 5.82 Å². The molecule has 0 unspecified atom stereocenters. The molecule has 7 nitrogen and oxygen atoms in total. The third-order valence-electron chi connectivity index (χ3n) is 4.71. The summed E-state index contributed by atoms with van der Waals surface area (Å²) in [6.45, 7) is 2.79. The van der Waals surface area contributed by atoms with E-state index < -0.39 is 0 Å². The van der Waals surface area contributed by atoms with Crippen LogP contribution < -0.4 is 4.90 Å². The number of hydrogen-bond donors (Lipinski definition) is 0. The molecule has 0 bridgehead atoms. The van der Waals surface area contributed by atoms with Crippen molar-refractivity contribution in [3.8, 4) is 5.69 Å². The summed E-state index contributed by atoms with van der Waals surface area (Å²) >= 11 is 0. The Hall–Kier alpha value is -2.80. The van der Waals surface area contributed by atoms with Crippen LogP contribution in [0.25, 0.3) is 5.69 Å². The molecule has 2 aromatic heterocycles. The molecule has 1 saturated heterocycles. The highest BCUT2D eigenvalue weighted by molar-refractivity contribution is 5.39. The minimum atomic E-state index is 0.459. The molecule has 7 heteroatoms. The van der Waals surface area contributed by atoms with Crippen LogP contribution in [-0.4, -0.2) is 56.3 Å². The molecular formula is C19H23N7. The predicted octanol–water partition coefficient (Wildman–Crippen LogP) is 2.16. The van der Waals surface area contributed by atoms with Gasteiger partial charge in [-0.1, -0.05) is 18.2 Å². The molecule has 4 rings (SSSR count). The van der Waals surface area contributed by atoms with Gasteiger partial charge in [-0.25, -0.2) is 0 Å². The van der Waals surface area contributed by atoms with Crippen molar-refractivity contribution in [1.29, 1.82) is 0 Å². The van der Waals surface area contributed by atoms with Gasteiger partial charge in [-0.05, 0) is 44.2 Å². The third-order valence-corrected chi connectivity index (χ3v) is 4.71. The van der Waals surface area contributed by atoms with Crippen molar-refractivity contribution in [2.24, 2.45) is 0 Å². The Balaban J connectivity index is 1.38. The van der Waals surface area contributed by atoms with E-state index in [1.165, 1.54) is 12.8 Å². The van der Waals surface area contributed by atoms with Crippen molar-refractivity contribution in [3.63, 3.8) is 0 Å². The Labute approximate surface area is 153 Å².